The van der Waals surface area contributed by atoms with Crippen molar-refractivity contribution in [3.63, 3.8) is 0 Å². The zero-order valence-corrected chi connectivity index (χ0v) is 23.0. The Hall–Kier alpha value is -3.80. The van der Waals surface area contributed by atoms with Crippen LogP contribution in [0.15, 0.2) is 60.7 Å². The van der Waals surface area contributed by atoms with Gasteiger partial charge in [0.2, 0.25) is 0 Å². The summed E-state index contributed by atoms with van der Waals surface area (Å²) in [6, 6.07) is 20.0. The van der Waals surface area contributed by atoms with Crippen LogP contribution in [-0.4, -0.2) is 74.0 Å². The molecule has 6 heteroatoms. The lowest BCUT2D eigenvalue weighted by atomic mass is 10.1. The standard InChI is InChI=1S/C32H38N4O2/c1-23-7-5-9-29(25(23)3)33-15-19-35(20-16-33)31(37)27-11-13-28(14-12-27)32(38)36-21-17-34(18-22-36)30-10-6-8-24(2)26(30)4/h5-14H,15-22H2,1-4H3. The molecule has 0 aliphatic carbocycles. The smallest absolute Gasteiger partial charge is 0.253 e. The fourth-order valence-corrected chi connectivity index (χ4v) is 5.58. The third-order valence-corrected chi connectivity index (χ3v) is 8.35. The minimum Gasteiger partial charge on any atom is -0.368 e. The van der Waals surface area contributed by atoms with Gasteiger partial charge in [-0.25, -0.2) is 0 Å². The lowest BCUT2D eigenvalue weighted by Crippen LogP contribution is -2.49. The molecule has 2 fully saturated rings. The number of benzene rings is 3. The van der Waals surface area contributed by atoms with Gasteiger partial charge in [0.05, 0.1) is 0 Å². The van der Waals surface area contributed by atoms with Crippen molar-refractivity contribution in [3.05, 3.63) is 94.0 Å². The van der Waals surface area contributed by atoms with Gasteiger partial charge in [0, 0.05) is 74.9 Å². The highest BCUT2D eigenvalue weighted by Gasteiger charge is 2.25. The van der Waals surface area contributed by atoms with Crippen molar-refractivity contribution in [2.24, 2.45) is 0 Å². The fraction of sp³-hybridized carbons (Fsp3) is 0.375. The molecule has 0 N–H and O–H groups in total. The van der Waals surface area contributed by atoms with E-state index in [0.29, 0.717) is 37.3 Å². The number of aryl methyl sites for hydroxylation is 2. The molecular weight excluding hydrogens is 472 g/mol. The van der Waals surface area contributed by atoms with Crippen LogP contribution >= 0.6 is 0 Å². The van der Waals surface area contributed by atoms with Gasteiger partial charge in [-0.05, 0) is 86.3 Å². The van der Waals surface area contributed by atoms with Crippen LogP contribution in [0.3, 0.4) is 0 Å². The van der Waals surface area contributed by atoms with Crippen molar-refractivity contribution in [1.29, 1.82) is 0 Å². The predicted molar refractivity (Wildman–Crippen MR) is 155 cm³/mol. The molecule has 0 bridgehead atoms. The molecule has 0 saturated carbocycles. The predicted octanol–water partition coefficient (Wildman–Crippen LogP) is 4.85. The first-order chi connectivity index (χ1) is 18.3. The van der Waals surface area contributed by atoms with E-state index in [1.54, 1.807) is 24.3 Å². The summed E-state index contributed by atoms with van der Waals surface area (Å²) in [7, 11) is 0. The average molecular weight is 511 g/mol. The number of carbonyl (C=O) groups excluding carboxylic acids is 2. The Balaban J connectivity index is 1.16. The van der Waals surface area contributed by atoms with Crippen LogP contribution in [0.1, 0.15) is 43.0 Å². The summed E-state index contributed by atoms with van der Waals surface area (Å²) in [5.74, 6) is 0.0681. The molecule has 2 heterocycles. The minimum absolute atomic E-state index is 0.0340. The molecule has 0 aromatic heterocycles. The van der Waals surface area contributed by atoms with Crippen LogP contribution in [-0.2, 0) is 0 Å². The van der Waals surface area contributed by atoms with E-state index in [1.165, 1.54) is 33.6 Å². The summed E-state index contributed by atoms with van der Waals surface area (Å²) >= 11 is 0. The number of nitrogens with zero attached hydrogens (tertiary/aromatic N) is 4. The summed E-state index contributed by atoms with van der Waals surface area (Å²) in [5.41, 5.74) is 8.99. The number of hydrogen-bond donors (Lipinski definition) is 0. The molecule has 3 aromatic carbocycles. The summed E-state index contributed by atoms with van der Waals surface area (Å²) in [4.78, 5) is 34.9. The van der Waals surface area contributed by atoms with Crippen LogP contribution in [0.25, 0.3) is 0 Å². The van der Waals surface area contributed by atoms with Crippen molar-refractivity contribution in [1.82, 2.24) is 9.80 Å². The molecule has 38 heavy (non-hydrogen) atoms. The quantitative estimate of drug-likeness (QED) is 0.504. The Morgan fingerprint density at radius 3 is 1.18 bits per heavy atom. The molecule has 3 aromatic rings. The van der Waals surface area contributed by atoms with Gasteiger partial charge in [0.15, 0.2) is 0 Å². The van der Waals surface area contributed by atoms with Crippen LogP contribution in [0.4, 0.5) is 11.4 Å². The highest BCUT2D eigenvalue weighted by Crippen LogP contribution is 2.26. The Labute approximate surface area is 226 Å². The van der Waals surface area contributed by atoms with E-state index < -0.39 is 0 Å². The van der Waals surface area contributed by atoms with Gasteiger partial charge in [-0.1, -0.05) is 24.3 Å². The highest BCUT2D eigenvalue weighted by molar-refractivity contribution is 5.98. The molecule has 2 amide bonds. The van der Waals surface area contributed by atoms with E-state index in [0.717, 1.165) is 26.2 Å². The van der Waals surface area contributed by atoms with Gasteiger partial charge < -0.3 is 19.6 Å². The first-order valence-electron chi connectivity index (χ1n) is 13.6. The number of carbonyl (C=O) groups is 2. The first-order valence-corrected chi connectivity index (χ1v) is 13.6. The Kier molecular flexibility index (Phi) is 7.41. The molecule has 2 aliphatic heterocycles. The second-order valence-electron chi connectivity index (χ2n) is 10.6. The molecule has 5 rings (SSSR count). The average Bonchev–Trinajstić information content (AvgIpc) is 2.95. The zero-order chi connectivity index (χ0) is 26.8. The van der Waals surface area contributed by atoms with Gasteiger partial charge in [-0.2, -0.15) is 0 Å². The van der Waals surface area contributed by atoms with Crippen LogP contribution in [0, 0.1) is 27.7 Å². The SMILES string of the molecule is Cc1cccc(N2CCN(C(=O)c3ccc(C(=O)N4CCN(c5cccc(C)c5C)CC4)cc3)CC2)c1C. The maximum Gasteiger partial charge on any atom is 0.253 e. The Bertz CT molecular complexity index is 1220. The molecule has 198 valence electrons. The number of hydrogen-bond acceptors (Lipinski definition) is 4. The maximum absolute atomic E-state index is 13.2. The number of piperazine rings is 2. The topological polar surface area (TPSA) is 47.1 Å². The van der Waals surface area contributed by atoms with E-state index in [1.807, 2.05) is 9.80 Å². The normalized spacial score (nSPS) is 16.1. The van der Waals surface area contributed by atoms with Gasteiger partial charge in [0.25, 0.3) is 11.8 Å². The molecule has 2 saturated heterocycles. The molecule has 0 atom stereocenters. The van der Waals surface area contributed by atoms with Gasteiger partial charge in [-0.15, -0.1) is 0 Å². The van der Waals surface area contributed by atoms with E-state index in [9.17, 15) is 9.59 Å². The maximum atomic E-state index is 13.2. The third kappa shape index (κ3) is 5.13. The van der Waals surface area contributed by atoms with E-state index >= 15 is 0 Å². The van der Waals surface area contributed by atoms with E-state index in [-0.39, 0.29) is 11.8 Å². The van der Waals surface area contributed by atoms with Crippen LogP contribution in [0.5, 0.6) is 0 Å². The zero-order valence-electron chi connectivity index (χ0n) is 23.0. The van der Waals surface area contributed by atoms with Crippen molar-refractivity contribution in [3.8, 4) is 0 Å². The highest BCUT2D eigenvalue weighted by atomic mass is 16.2. The Morgan fingerprint density at radius 2 is 0.842 bits per heavy atom. The second-order valence-corrected chi connectivity index (χ2v) is 10.6. The molecule has 0 radical (unpaired) electrons. The summed E-state index contributed by atoms with van der Waals surface area (Å²) < 4.78 is 0. The fourth-order valence-electron chi connectivity index (χ4n) is 5.58. The molecule has 6 nitrogen and oxygen atoms in total. The van der Waals surface area contributed by atoms with Gasteiger partial charge >= 0.3 is 0 Å². The van der Waals surface area contributed by atoms with Crippen LogP contribution < -0.4 is 9.80 Å². The van der Waals surface area contributed by atoms with Crippen molar-refractivity contribution in [2.45, 2.75) is 27.7 Å². The van der Waals surface area contributed by atoms with Crippen molar-refractivity contribution >= 4 is 23.2 Å². The number of amides is 2. The van der Waals surface area contributed by atoms with Gasteiger partial charge in [0.1, 0.15) is 0 Å². The summed E-state index contributed by atoms with van der Waals surface area (Å²) in [5, 5.41) is 0. The molecule has 2 aliphatic rings. The van der Waals surface area contributed by atoms with Crippen LogP contribution in [0.2, 0.25) is 0 Å². The summed E-state index contributed by atoms with van der Waals surface area (Å²) in [6.45, 7) is 14.7. The number of anilines is 2. The van der Waals surface area contributed by atoms with Crippen molar-refractivity contribution < 1.29 is 9.59 Å². The molecule has 0 spiro atoms. The Morgan fingerprint density at radius 1 is 0.500 bits per heavy atom. The molecular formula is C32H38N4O2. The summed E-state index contributed by atoms with van der Waals surface area (Å²) in [6.07, 6.45) is 0. The monoisotopic (exact) mass is 510 g/mol. The van der Waals surface area contributed by atoms with Crippen molar-refractivity contribution in [2.75, 3.05) is 62.2 Å². The van der Waals surface area contributed by atoms with Gasteiger partial charge in [-0.3, -0.25) is 9.59 Å². The molecule has 0 unspecified atom stereocenters. The lowest BCUT2D eigenvalue weighted by molar-refractivity contribution is 0.0734. The largest absolute Gasteiger partial charge is 0.368 e. The third-order valence-electron chi connectivity index (χ3n) is 8.35. The van der Waals surface area contributed by atoms with E-state index in [2.05, 4.69) is 73.9 Å². The lowest BCUT2D eigenvalue weighted by Gasteiger charge is -2.37. The number of rotatable bonds is 4. The first kappa shape index (κ1) is 25.8. The minimum atomic E-state index is 0.0340. The second kappa shape index (κ2) is 10.9. The van der Waals surface area contributed by atoms with E-state index in [4.69, 9.17) is 0 Å².